The van der Waals surface area contributed by atoms with Crippen molar-refractivity contribution < 1.29 is 22.9 Å². The van der Waals surface area contributed by atoms with Crippen LogP contribution in [-0.2, 0) is 14.6 Å². The number of ether oxygens (including phenoxy) is 1. The van der Waals surface area contributed by atoms with Crippen LogP contribution in [0.15, 0.2) is 47.6 Å². The summed E-state index contributed by atoms with van der Waals surface area (Å²) in [6.45, 7) is 0. The number of carbonyl (C=O) groups excluding carboxylic acids is 1. The first-order valence-electron chi connectivity index (χ1n) is 10.1. The maximum Gasteiger partial charge on any atom is 0.271 e. The van der Waals surface area contributed by atoms with Crippen LogP contribution in [0.1, 0.15) is 6.42 Å². The van der Waals surface area contributed by atoms with E-state index in [0.717, 1.165) is 0 Å². The Hall–Kier alpha value is -3.12. The van der Waals surface area contributed by atoms with Crippen molar-refractivity contribution in [2.75, 3.05) is 31.4 Å². The molecule has 12 heteroatoms. The number of benzene rings is 2. The number of aromatic nitrogens is 2. The van der Waals surface area contributed by atoms with E-state index in [1.807, 2.05) is 18.2 Å². The van der Waals surface area contributed by atoms with Crippen LogP contribution >= 0.6 is 11.8 Å². The van der Waals surface area contributed by atoms with Gasteiger partial charge in [0, 0.05) is 25.2 Å². The number of nitro groups is 1. The third kappa shape index (κ3) is 4.67. The van der Waals surface area contributed by atoms with Gasteiger partial charge in [-0.05, 0) is 24.6 Å². The molecule has 0 saturated carbocycles. The summed E-state index contributed by atoms with van der Waals surface area (Å²) in [6.07, 6.45) is 0.429. The molecule has 1 aliphatic heterocycles. The maximum absolute atomic E-state index is 12.8. The number of sulfone groups is 1. The molecular weight excluding hydrogens is 468 g/mol. The zero-order valence-electron chi connectivity index (χ0n) is 18.0. The average Bonchev–Trinajstić information content (AvgIpc) is 3.35. The predicted molar refractivity (Wildman–Crippen MR) is 125 cm³/mol. The Morgan fingerprint density at radius 3 is 2.76 bits per heavy atom. The zero-order valence-corrected chi connectivity index (χ0v) is 19.6. The fourth-order valence-corrected chi connectivity index (χ4v) is 6.54. The second-order valence-electron chi connectivity index (χ2n) is 7.68. The van der Waals surface area contributed by atoms with E-state index in [1.165, 1.54) is 28.8 Å². The van der Waals surface area contributed by atoms with Gasteiger partial charge >= 0.3 is 0 Å². The van der Waals surface area contributed by atoms with E-state index < -0.39 is 14.8 Å². The van der Waals surface area contributed by atoms with Gasteiger partial charge in [0.05, 0.1) is 46.0 Å². The SMILES string of the molecule is COc1ccccc1-n1c(SCC(=O)N(C)C2CCS(=O)(=O)C2)nc2cc([N+](=O)[O-])ccc21. The van der Waals surface area contributed by atoms with Crippen molar-refractivity contribution in [3.63, 3.8) is 0 Å². The maximum atomic E-state index is 12.8. The van der Waals surface area contributed by atoms with E-state index in [0.29, 0.717) is 34.0 Å². The number of amides is 1. The lowest BCUT2D eigenvalue weighted by atomic mass is 10.2. The number of methoxy groups -OCH3 is 1. The van der Waals surface area contributed by atoms with Gasteiger partial charge in [0.2, 0.25) is 5.91 Å². The van der Waals surface area contributed by atoms with Gasteiger partial charge in [-0.1, -0.05) is 23.9 Å². The molecule has 0 radical (unpaired) electrons. The van der Waals surface area contributed by atoms with Crippen molar-refractivity contribution in [1.82, 2.24) is 14.5 Å². The first-order valence-corrected chi connectivity index (χ1v) is 12.9. The molecule has 174 valence electrons. The molecule has 33 heavy (non-hydrogen) atoms. The van der Waals surface area contributed by atoms with Gasteiger partial charge in [0.15, 0.2) is 15.0 Å². The Morgan fingerprint density at radius 1 is 1.33 bits per heavy atom. The second-order valence-corrected chi connectivity index (χ2v) is 10.9. The molecule has 0 N–H and O–H groups in total. The lowest BCUT2D eigenvalue weighted by Crippen LogP contribution is -2.38. The molecule has 1 amide bonds. The van der Waals surface area contributed by atoms with E-state index >= 15 is 0 Å². The minimum atomic E-state index is -3.11. The van der Waals surface area contributed by atoms with Crippen LogP contribution in [0.4, 0.5) is 5.69 Å². The molecule has 0 spiro atoms. The summed E-state index contributed by atoms with van der Waals surface area (Å²) in [7, 11) is 0.0513. The van der Waals surface area contributed by atoms with Gasteiger partial charge < -0.3 is 9.64 Å². The number of imidazole rings is 1. The number of thioether (sulfide) groups is 1. The highest BCUT2D eigenvalue weighted by atomic mass is 32.2. The smallest absolute Gasteiger partial charge is 0.271 e. The van der Waals surface area contributed by atoms with Crippen molar-refractivity contribution in [2.24, 2.45) is 0 Å². The summed E-state index contributed by atoms with van der Waals surface area (Å²) < 4.78 is 30.8. The van der Waals surface area contributed by atoms with Crippen LogP contribution in [0.2, 0.25) is 0 Å². The van der Waals surface area contributed by atoms with Gasteiger partial charge in [-0.2, -0.15) is 0 Å². The summed E-state index contributed by atoms with van der Waals surface area (Å²) in [5.41, 5.74) is 1.65. The molecule has 2 heterocycles. The summed E-state index contributed by atoms with van der Waals surface area (Å²) in [5.74, 6) is 0.463. The van der Waals surface area contributed by atoms with E-state index in [1.54, 1.807) is 30.9 Å². The fraction of sp³-hybridized carbons (Fsp3) is 0.333. The molecule has 4 rings (SSSR count). The van der Waals surface area contributed by atoms with Crippen molar-refractivity contribution >= 4 is 44.2 Å². The van der Waals surface area contributed by atoms with E-state index in [2.05, 4.69) is 4.98 Å². The molecule has 3 aromatic rings. The number of para-hydroxylation sites is 2. The molecular formula is C21H22N4O6S2. The molecule has 0 aliphatic carbocycles. The van der Waals surface area contributed by atoms with Crippen LogP contribution in [-0.4, -0.2) is 71.2 Å². The van der Waals surface area contributed by atoms with Crippen molar-refractivity contribution in [2.45, 2.75) is 17.6 Å². The quantitative estimate of drug-likeness (QED) is 0.281. The predicted octanol–water partition coefficient (Wildman–Crippen LogP) is 2.68. The Kier molecular flexibility index (Phi) is 6.30. The van der Waals surface area contributed by atoms with E-state index in [9.17, 15) is 23.3 Å². The zero-order chi connectivity index (χ0) is 23.8. The number of carbonyl (C=O) groups is 1. The summed E-state index contributed by atoms with van der Waals surface area (Å²) in [4.78, 5) is 29.6. The molecule has 1 saturated heterocycles. The Balaban J connectivity index is 1.67. The third-order valence-corrected chi connectivity index (χ3v) is 8.29. The van der Waals surface area contributed by atoms with Crippen LogP contribution in [0.3, 0.4) is 0 Å². The molecule has 0 bridgehead atoms. The number of hydrogen-bond donors (Lipinski definition) is 0. The van der Waals surface area contributed by atoms with Crippen molar-refractivity contribution in [3.05, 3.63) is 52.6 Å². The molecule has 1 atom stereocenters. The lowest BCUT2D eigenvalue weighted by Gasteiger charge is -2.23. The molecule has 1 aromatic heterocycles. The summed E-state index contributed by atoms with van der Waals surface area (Å²) >= 11 is 1.18. The van der Waals surface area contributed by atoms with E-state index in [4.69, 9.17) is 4.74 Å². The number of rotatable bonds is 7. The van der Waals surface area contributed by atoms with Gasteiger partial charge in [-0.3, -0.25) is 19.5 Å². The number of fused-ring (bicyclic) bond motifs is 1. The topological polar surface area (TPSA) is 125 Å². The Labute approximate surface area is 194 Å². The monoisotopic (exact) mass is 490 g/mol. The number of non-ortho nitro benzene ring substituents is 1. The number of nitro benzene ring substituents is 1. The highest BCUT2D eigenvalue weighted by Crippen LogP contribution is 2.34. The van der Waals surface area contributed by atoms with Gasteiger partial charge in [0.25, 0.3) is 5.69 Å². The average molecular weight is 491 g/mol. The Bertz CT molecular complexity index is 1340. The first kappa shape index (κ1) is 23.1. The largest absolute Gasteiger partial charge is 0.495 e. The minimum absolute atomic E-state index is 0.0245. The van der Waals surface area contributed by atoms with Crippen LogP contribution in [0, 0.1) is 10.1 Å². The summed E-state index contributed by atoms with van der Waals surface area (Å²) in [6, 6.07) is 11.4. The Morgan fingerprint density at radius 2 is 2.09 bits per heavy atom. The van der Waals surface area contributed by atoms with Crippen LogP contribution in [0.25, 0.3) is 16.7 Å². The summed E-state index contributed by atoms with van der Waals surface area (Å²) in [5, 5.41) is 11.7. The molecule has 1 fully saturated rings. The fourth-order valence-electron chi connectivity index (χ4n) is 3.82. The second kappa shape index (κ2) is 9.02. The first-order chi connectivity index (χ1) is 15.7. The van der Waals surface area contributed by atoms with Crippen LogP contribution < -0.4 is 4.74 Å². The lowest BCUT2D eigenvalue weighted by molar-refractivity contribution is -0.384. The van der Waals surface area contributed by atoms with Gasteiger partial charge in [0.1, 0.15) is 5.75 Å². The number of nitrogens with zero attached hydrogens (tertiary/aromatic N) is 4. The highest BCUT2D eigenvalue weighted by Gasteiger charge is 2.32. The highest BCUT2D eigenvalue weighted by molar-refractivity contribution is 7.99. The third-order valence-electron chi connectivity index (χ3n) is 5.62. The van der Waals surface area contributed by atoms with Crippen molar-refractivity contribution in [3.8, 4) is 11.4 Å². The van der Waals surface area contributed by atoms with Crippen LogP contribution in [0.5, 0.6) is 5.75 Å². The number of hydrogen-bond acceptors (Lipinski definition) is 8. The molecule has 10 nitrogen and oxygen atoms in total. The molecule has 1 unspecified atom stereocenters. The standard InChI is InChI=1S/C21H22N4O6S2/c1-23(15-9-10-33(29,30)13-15)20(26)12-32-21-22-16-11-14(25(27)28)7-8-17(16)24(21)18-5-3-4-6-19(18)31-2/h3-8,11,15H,9-10,12-13H2,1-2H3. The van der Waals surface area contributed by atoms with Gasteiger partial charge in [-0.25, -0.2) is 13.4 Å². The van der Waals surface area contributed by atoms with Crippen molar-refractivity contribution in [1.29, 1.82) is 0 Å². The molecule has 1 aliphatic rings. The van der Waals surface area contributed by atoms with Gasteiger partial charge in [-0.15, -0.1) is 0 Å². The minimum Gasteiger partial charge on any atom is -0.495 e. The van der Waals surface area contributed by atoms with E-state index in [-0.39, 0.29) is 34.9 Å². The normalized spacial score (nSPS) is 17.2. The molecule has 2 aromatic carbocycles.